The minimum Gasteiger partial charge on any atom is -0.481 e. The zero-order valence-corrected chi connectivity index (χ0v) is 11.7. The maximum atomic E-state index is 14.0. The summed E-state index contributed by atoms with van der Waals surface area (Å²) < 4.78 is 28.0. The lowest BCUT2D eigenvalue weighted by atomic mass is 9.98. The molecule has 0 heterocycles. The summed E-state index contributed by atoms with van der Waals surface area (Å²) in [5.74, 6) is -3.99. The van der Waals surface area contributed by atoms with E-state index in [-0.39, 0.29) is 36.3 Å². The quantitative estimate of drug-likeness (QED) is 0.772. The Balaban J connectivity index is 2.76. The molecule has 1 N–H and O–H groups in total. The number of benzene rings is 1. The highest BCUT2D eigenvalue weighted by molar-refractivity contribution is 6.31. The number of aliphatic carboxylic acids is 1. The van der Waals surface area contributed by atoms with Crippen molar-refractivity contribution in [3.05, 3.63) is 33.8 Å². The molecule has 19 heavy (non-hydrogen) atoms. The number of halogens is 3. The number of rotatable bonds is 6. The lowest BCUT2D eigenvalue weighted by Gasteiger charge is -2.19. The molecule has 0 saturated heterocycles. The molecule has 0 aromatic heterocycles. The van der Waals surface area contributed by atoms with Crippen molar-refractivity contribution in [2.75, 3.05) is 0 Å². The number of alkyl halides is 2. The van der Waals surface area contributed by atoms with Crippen LogP contribution in [0.5, 0.6) is 0 Å². The highest BCUT2D eigenvalue weighted by Crippen LogP contribution is 2.38. The first-order valence-corrected chi connectivity index (χ1v) is 6.48. The maximum absolute atomic E-state index is 14.0. The Morgan fingerprint density at radius 3 is 2.42 bits per heavy atom. The fourth-order valence-corrected chi connectivity index (χ4v) is 2.18. The van der Waals surface area contributed by atoms with Crippen molar-refractivity contribution in [3.8, 4) is 0 Å². The summed E-state index contributed by atoms with van der Waals surface area (Å²) in [6.45, 7) is 3.58. The SMILES string of the molecule is Cc1cc(Cl)c(C(F)(F)CCCCC(=O)O)cc1C. The fraction of sp³-hybridized carbons (Fsp3) is 0.500. The summed E-state index contributed by atoms with van der Waals surface area (Å²) in [5.41, 5.74) is 1.47. The van der Waals surface area contributed by atoms with Gasteiger partial charge in [-0.1, -0.05) is 11.6 Å². The van der Waals surface area contributed by atoms with Gasteiger partial charge in [-0.2, -0.15) is 0 Å². The van der Waals surface area contributed by atoms with Crippen LogP contribution in [0, 0.1) is 13.8 Å². The second-order valence-electron chi connectivity index (χ2n) is 4.72. The van der Waals surface area contributed by atoms with Crippen LogP contribution >= 0.6 is 11.6 Å². The predicted octanol–water partition coefficient (Wildman–Crippen LogP) is 4.69. The highest BCUT2D eigenvalue weighted by atomic mass is 35.5. The molecule has 1 aromatic rings. The molecule has 0 saturated carbocycles. The topological polar surface area (TPSA) is 37.3 Å². The number of carboxylic acid groups (broad SMARTS) is 1. The van der Waals surface area contributed by atoms with Crippen LogP contribution < -0.4 is 0 Å². The third-order valence-electron chi connectivity index (χ3n) is 3.11. The average Bonchev–Trinajstić information content (AvgIpc) is 2.29. The van der Waals surface area contributed by atoms with Gasteiger partial charge in [0.25, 0.3) is 5.92 Å². The molecule has 0 aliphatic rings. The van der Waals surface area contributed by atoms with Crippen molar-refractivity contribution >= 4 is 17.6 Å². The Morgan fingerprint density at radius 2 is 1.84 bits per heavy atom. The summed E-state index contributed by atoms with van der Waals surface area (Å²) in [6.07, 6.45) is -0.0742. The molecule has 1 rings (SSSR count). The second kappa shape index (κ2) is 6.33. The van der Waals surface area contributed by atoms with Crippen molar-refractivity contribution in [1.82, 2.24) is 0 Å². The van der Waals surface area contributed by atoms with E-state index in [1.54, 1.807) is 6.92 Å². The lowest BCUT2D eigenvalue weighted by Crippen LogP contribution is -2.14. The molecule has 106 valence electrons. The van der Waals surface area contributed by atoms with Gasteiger partial charge in [-0.3, -0.25) is 4.79 Å². The monoisotopic (exact) mass is 290 g/mol. The van der Waals surface area contributed by atoms with E-state index in [4.69, 9.17) is 16.7 Å². The predicted molar refractivity (Wildman–Crippen MR) is 70.9 cm³/mol. The van der Waals surface area contributed by atoms with Gasteiger partial charge in [0.1, 0.15) is 0 Å². The van der Waals surface area contributed by atoms with Gasteiger partial charge in [0.15, 0.2) is 0 Å². The van der Waals surface area contributed by atoms with Crippen molar-refractivity contribution in [3.63, 3.8) is 0 Å². The van der Waals surface area contributed by atoms with Gasteiger partial charge >= 0.3 is 5.97 Å². The summed E-state index contributed by atoms with van der Waals surface area (Å²) in [7, 11) is 0. The third kappa shape index (κ3) is 4.46. The van der Waals surface area contributed by atoms with E-state index in [1.165, 1.54) is 12.1 Å². The number of aryl methyl sites for hydroxylation is 2. The first-order valence-electron chi connectivity index (χ1n) is 6.11. The Labute approximate surface area is 116 Å². The van der Waals surface area contributed by atoms with Crippen molar-refractivity contribution < 1.29 is 18.7 Å². The molecular formula is C14H17ClF2O2. The van der Waals surface area contributed by atoms with E-state index in [9.17, 15) is 13.6 Å². The second-order valence-corrected chi connectivity index (χ2v) is 5.13. The van der Waals surface area contributed by atoms with Gasteiger partial charge in [-0.25, -0.2) is 8.78 Å². The molecule has 0 radical (unpaired) electrons. The van der Waals surface area contributed by atoms with E-state index >= 15 is 0 Å². The summed E-state index contributed by atoms with van der Waals surface area (Å²) in [4.78, 5) is 10.3. The molecule has 0 amide bonds. The maximum Gasteiger partial charge on any atom is 0.303 e. The molecule has 0 aliphatic heterocycles. The van der Waals surface area contributed by atoms with Gasteiger partial charge in [0.2, 0.25) is 0 Å². The summed E-state index contributed by atoms with van der Waals surface area (Å²) in [6, 6.07) is 2.95. The van der Waals surface area contributed by atoms with Crippen LogP contribution in [0.15, 0.2) is 12.1 Å². The van der Waals surface area contributed by atoms with Gasteiger partial charge in [0, 0.05) is 18.4 Å². The van der Waals surface area contributed by atoms with E-state index < -0.39 is 11.9 Å². The van der Waals surface area contributed by atoms with Gasteiger partial charge in [-0.05, 0) is 49.9 Å². The van der Waals surface area contributed by atoms with E-state index in [2.05, 4.69) is 0 Å². The van der Waals surface area contributed by atoms with Crippen molar-refractivity contribution in [2.45, 2.75) is 45.5 Å². The Kier molecular flexibility index (Phi) is 5.29. The molecule has 0 fully saturated rings. The molecular weight excluding hydrogens is 274 g/mol. The number of unbranched alkanes of at least 4 members (excludes halogenated alkanes) is 1. The molecule has 2 nitrogen and oxygen atoms in total. The van der Waals surface area contributed by atoms with E-state index in [0.717, 1.165) is 11.1 Å². The van der Waals surface area contributed by atoms with Crippen LogP contribution in [0.25, 0.3) is 0 Å². The van der Waals surface area contributed by atoms with Crippen LogP contribution in [-0.2, 0) is 10.7 Å². The number of hydrogen-bond donors (Lipinski definition) is 1. The molecule has 0 atom stereocenters. The van der Waals surface area contributed by atoms with Crippen LogP contribution in [0.2, 0.25) is 5.02 Å². The van der Waals surface area contributed by atoms with Gasteiger partial charge < -0.3 is 5.11 Å². The first-order chi connectivity index (χ1) is 8.74. The molecule has 5 heteroatoms. The third-order valence-corrected chi connectivity index (χ3v) is 3.42. The minimum atomic E-state index is -3.02. The lowest BCUT2D eigenvalue weighted by molar-refractivity contribution is -0.137. The van der Waals surface area contributed by atoms with E-state index in [1.807, 2.05) is 6.92 Å². The molecule has 0 spiro atoms. The molecule has 1 aromatic carbocycles. The number of carbonyl (C=O) groups is 1. The van der Waals surface area contributed by atoms with E-state index in [0.29, 0.717) is 0 Å². The Bertz CT molecular complexity index is 473. The van der Waals surface area contributed by atoms with Crippen LogP contribution in [0.3, 0.4) is 0 Å². The molecule has 0 aliphatic carbocycles. The standard InChI is InChI=1S/C14H17ClF2O2/c1-9-7-11(12(15)8-10(9)2)14(16,17)6-4-3-5-13(18)19/h7-8H,3-6H2,1-2H3,(H,18,19). The summed E-state index contributed by atoms with van der Waals surface area (Å²) in [5, 5.41) is 8.52. The zero-order valence-electron chi connectivity index (χ0n) is 11.0. The smallest absolute Gasteiger partial charge is 0.303 e. The van der Waals surface area contributed by atoms with Crippen LogP contribution in [0.4, 0.5) is 8.78 Å². The largest absolute Gasteiger partial charge is 0.481 e. The van der Waals surface area contributed by atoms with Crippen molar-refractivity contribution in [1.29, 1.82) is 0 Å². The Morgan fingerprint density at radius 1 is 1.26 bits per heavy atom. The van der Waals surface area contributed by atoms with Gasteiger partial charge in [0.05, 0.1) is 5.02 Å². The normalized spacial score (nSPS) is 11.6. The fourth-order valence-electron chi connectivity index (χ4n) is 1.82. The zero-order chi connectivity index (χ0) is 14.6. The molecule has 0 unspecified atom stereocenters. The number of carboxylic acids is 1. The average molecular weight is 291 g/mol. The van der Waals surface area contributed by atoms with Gasteiger partial charge in [-0.15, -0.1) is 0 Å². The number of hydrogen-bond acceptors (Lipinski definition) is 1. The van der Waals surface area contributed by atoms with Crippen LogP contribution in [-0.4, -0.2) is 11.1 Å². The molecule has 0 bridgehead atoms. The minimum absolute atomic E-state index is 0.0614. The summed E-state index contributed by atoms with van der Waals surface area (Å²) >= 11 is 5.88. The van der Waals surface area contributed by atoms with Crippen molar-refractivity contribution in [2.24, 2.45) is 0 Å². The first kappa shape index (κ1) is 15.9. The highest BCUT2D eigenvalue weighted by Gasteiger charge is 2.33. The van der Waals surface area contributed by atoms with Crippen LogP contribution in [0.1, 0.15) is 42.4 Å². The Hall–Kier alpha value is -1.16.